The van der Waals surface area contributed by atoms with Crippen LogP contribution < -0.4 is 4.74 Å². The number of thiophene rings is 1. The summed E-state index contributed by atoms with van der Waals surface area (Å²) in [6.45, 7) is 6.13. The number of amides is 2. The number of nitrogens with zero attached hydrogens (tertiary/aromatic N) is 2. The molecule has 1 aliphatic rings. The van der Waals surface area contributed by atoms with Crippen molar-refractivity contribution in [3.63, 3.8) is 0 Å². The summed E-state index contributed by atoms with van der Waals surface area (Å²) in [7, 11) is 1.64. The molecule has 180 valence electrons. The Bertz CT molecular complexity index is 915. The third-order valence-electron chi connectivity index (χ3n) is 5.67. The van der Waals surface area contributed by atoms with Gasteiger partial charge >= 0.3 is 0 Å². The Morgan fingerprint density at radius 2 is 2.00 bits per heavy atom. The average Bonchev–Trinajstić information content (AvgIpc) is 3.26. The Morgan fingerprint density at radius 1 is 1.24 bits per heavy atom. The Kier molecular flexibility index (Phi) is 9.59. The maximum atomic E-state index is 13.5. The molecule has 3 rings (SSSR count). The van der Waals surface area contributed by atoms with Gasteiger partial charge < -0.3 is 19.3 Å². The molecule has 0 spiro atoms. The third-order valence-corrected chi connectivity index (χ3v) is 6.92. The number of benzene rings is 1. The molecule has 2 aromatic rings. The molecular formula is C25H33ClN2O4S. The predicted octanol–water partition coefficient (Wildman–Crippen LogP) is 4.82. The summed E-state index contributed by atoms with van der Waals surface area (Å²) in [5, 5.41) is 2.72. The highest BCUT2D eigenvalue weighted by atomic mass is 35.5. The van der Waals surface area contributed by atoms with Crippen LogP contribution in [-0.2, 0) is 20.7 Å². The number of ether oxygens (including phenoxy) is 2. The number of carbonyl (C=O) groups is 2. The van der Waals surface area contributed by atoms with Gasteiger partial charge in [0.15, 0.2) is 0 Å². The van der Waals surface area contributed by atoms with Crippen molar-refractivity contribution < 1.29 is 19.1 Å². The second-order valence-corrected chi connectivity index (χ2v) is 10.1. The van der Waals surface area contributed by atoms with E-state index in [2.05, 4.69) is 11.4 Å². The lowest BCUT2D eigenvalue weighted by atomic mass is 10.00. The summed E-state index contributed by atoms with van der Waals surface area (Å²) >= 11 is 7.70. The normalized spacial score (nSPS) is 15.4. The van der Waals surface area contributed by atoms with Crippen molar-refractivity contribution in [1.29, 1.82) is 0 Å². The van der Waals surface area contributed by atoms with Gasteiger partial charge in [-0.25, -0.2) is 0 Å². The number of hydrogen-bond acceptors (Lipinski definition) is 5. The van der Waals surface area contributed by atoms with Crippen molar-refractivity contribution in [3.8, 4) is 5.75 Å². The van der Waals surface area contributed by atoms with Gasteiger partial charge in [0.1, 0.15) is 12.4 Å². The Balaban J connectivity index is 1.73. The standard InChI is InChI=1S/C25H33ClN2O4S/c1-18(2)15-24(29)27(11-4-13-31-3)16-25(30)28-12-9-23-21(10-14-33-23)22(28)17-32-20-7-5-19(26)6-8-20/h5-8,10,14,18,22H,4,9,11-13,15-17H2,1-3H3/t22-/m0/s1. The molecule has 1 aliphatic heterocycles. The molecule has 0 bridgehead atoms. The maximum absolute atomic E-state index is 13.5. The van der Waals surface area contributed by atoms with Crippen LogP contribution in [0.3, 0.4) is 0 Å². The summed E-state index contributed by atoms with van der Waals surface area (Å²) in [6, 6.07) is 9.12. The first-order chi connectivity index (χ1) is 15.9. The molecule has 1 aromatic heterocycles. The van der Waals surface area contributed by atoms with Crippen LogP contribution in [0.2, 0.25) is 5.02 Å². The van der Waals surface area contributed by atoms with E-state index in [1.165, 1.54) is 4.88 Å². The van der Waals surface area contributed by atoms with Crippen LogP contribution in [0.1, 0.15) is 43.2 Å². The van der Waals surface area contributed by atoms with E-state index < -0.39 is 0 Å². The van der Waals surface area contributed by atoms with Crippen LogP contribution in [0, 0.1) is 5.92 Å². The smallest absolute Gasteiger partial charge is 0.242 e. The monoisotopic (exact) mass is 492 g/mol. The number of halogens is 1. The molecule has 1 atom stereocenters. The fourth-order valence-corrected chi connectivity index (χ4v) is 5.06. The van der Waals surface area contributed by atoms with Gasteiger partial charge in [-0.05, 0) is 60.0 Å². The molecule has 33 heavy (non-hydrogen) atoms. The molecule has 0 unspecified atom stereocenters. The van der Waals surface area contributed by atoms with Gasteiger partial charge in [0, 0.05) is 43.1 Å². The number of methoxy groups -OCH3 is 1. The van der Waals surface area contributed by atoms with E-state index >= 15 is 0 Å². The number of fused-ring (bicyclic) bond motifs is 1. The van der Waals surface area contributed by atoms with Crippen molar-refractivity contribution in [2.75, 3.05) is 40.0 Å². The van der Waals surface area contributed by atoms with Crippen molar-refractivity contribution in [3.05, 3.63) is 51.2 Å². The van der Waals surface area contributed by atoms with Crippen LogP contribution in [0.15, 0.2) is 35.7 Å². The van der Waals surface area contributed by atoms with Crippen molar-refractivity contribution >= 4 is 34.8 Å². The van der Waals surface area contributed by atoms with Crippen LogP contribution in [0.4, 0.5) is 0 Å². The largest absolute Gasteiger partial charge is 0.491 e. The number of carbonyl (C=O) groups excluding carboxylic acids is 2. The minimum absolute atomic E-state index is 0.0108. The fraction of sp³-hybridized carbons (Fsp3) is 0.520. The predicted molar refractivity (Wildman–Crippen MR) is 132 cm³/mol. The Labute approximate surface area is 205 Å². The molecule has 8 heteroatoms. The molecule has 1 aromatic carbocycles. The molecule has 0 aliphatic carbocycles. The molecule has 2 amide bonds. The van der Waals surface area contributed by atoms with E-state index in [0.717, 1.165) is 12.0 Å². The molecule has 0 saturated carbocycles. The third kappa shape index (κ3) is 7.19. The van der Waals surface area contributed by atoms with E-state index in [-0.39, 0.29) is 30.3 Å². The van der Waals surface area contributed by atoms with E-state index in [0.29, 0.717) is 49.9 Å². The van der Waals surface area contributed by atoms with Gasteiger partial charge in [-0.2, -0.15) is 0 Å². The lowest BCUT2D eigenvalue weighted by Crippen LogP contribution is -2.48. The first-order valence-corrected chi connectivity index (χ1v) is 12.7. The van der Waals surface area contributed by atoms with Crippen molar-refractivity contribution in [2.45, 2.75) is 39.2 Å². The molecule has 2 heterocycles. The van der Waals surface area contributed by atoms with Gasteiger partial charge in [0.05, 0.1) is 12.6 Å². The summed E-state index contributed by atoms with van der Waals surface area (Å²) in [6.07, 6.45) is 1.95. The van der Waals surface area contributed by atoms with Gasteiger partial charge in [-0.15, -0.1) is 11.3 Å². The topological polar surface area (TPSA) is 59.1 Å². The first kappa shape index (κ1) is 25.5. The summed E-state index contributed by atoms with van der Waals surface area (Å²) in [5.41, 5.74) is 1.13. The minimum atomic E-state index is -0.191. The van der Waals surface area contributed by atoms with Crippen LogP contribution in [0.5, 0.6) is 5.75 Å². The average molecular weight is 493 g/mol. The quantitative estimate of drug-likeness (QED) is 0.422. The zero-order chi connectivity index (χ0) is 23.8. The van der Waals surface area contributed by atoms with Crippen LogP contribution >= 0.6 is 22.9 Å². The van der Waals surface area contributed by atoms with Crippen molar-refractivity contribution in [2.24, 2.45) is 5.92 Å². The summed E-state index contributed by atoms with van der Waals surface area (Å²) < 4.78 is 11.2. The number of rotatable bonds is 11. The maximum Gasteiger partial charge on any atom is 0.242 e. The minimum Gasteiger partial charge on any atom is -0.491 e. The highest BCUT2D eigenvalue weighted by molar-refractivity contribution is 7.10. The zero-order valence-corrected chi connectivity index (χ0v) is 21.2. The lowest BCUT2D eigenvalue weighted by molar-refractivity contribution is -0.143. The summed E-state index contributed by atoms with van der Waals surface area (Å²) in [4.78, 5) is 31.1. The van der Waals surface area contributed by atoms with E-state index in [9.17, 15) is 9.59 Å². The number of hydrogen-bond donors (Lipinski definition) is 0. The molecule has 0 saturated heterocycles. The summed E-state index contributed by atoms with van der Waals surface area (Å²) in [5.74, 6) is 0.909. The second kappa shape index (κ2) is 12.4. The second-order valence-electron chi connectivity index (χ2n) is 8.68. The van der Waals surface area contributed by atoms with Gasteiger partial charge in [0.2, 0.25) is 11.8 Å². The highest BCUT2D eigenvalue weighted by Crippen LogP contribution is 2.34. The molecule has 0 N–H and O–H groups in total. The Hall–Kier alpha value is -2.09. The fourth-order valence-electron chi connectivity index (χ4n) is 4.00. The highest BCUT2D eigenvalue weighted by Gasteiger charge is 2.33. The van der Waals surface area contributed by atoms with E-state index in [1.807, 2.05) is 30.9 Å². The van der Waals surface area contributed by atoms with E-state index in [4.69, 9.17) is 21.1 Å². The molecule has 0 fully saturated rings. The molecule has 6 nitrogen and oxygen atoms in total. The van der Waals surface area contributed by atoms with Crippen molar-refractivity contribution in [1.82, 2.24) is 9.80 Å². The van der Waals surface area contributed by atoms with Crippen LogP contribution in [0.25, 0.3) is 0 Å². The Morgan fingerprint density at radius 3 is 2.70 bits per heavy atom. The van der Waals surface area contributed by atoms with Crippen LogP contribution in [-0.4, -0.2) is 61.6 Å². The molecular weight excluding hydrogens is 460 g/mol. The van der Waals surface area contributed by atoms with Gasteiger partial charge in [0.25, 0.3) is 0 Å². The SMILES string of the molecule is COCCCN(CC(=O)N1CCc2sccc2[C@@H]1COc1ccc(Cl)cc1)C(=O)CC(C)C. The van der Waals surface area contributed by atoms with E-state index in [1.54, 1.807) is 35.5 Å². The van der Waals surface area contributed by atoms with Gasteiger partial charge in [-0.1, -0.05) is 25.4 Å². The molecule has 0 radical (unpaired) electrons. The lowest BCUT2D eigenvalue weighted by Gasteiger charge is -2.37. The zero-order valence-electron chi connectivity index (χ0n) is 19.6. The first-order valence-electron chi connectivity index (χ1n) is 11.4. The van der Waals surface area contributed by atoms with Gasteiger partial charge in [-0.3, -0.25) is 9.59 Å².